The summed E-state index contributed by atoms with van der Waals surface area (Å²) in [5.74, 6) is -3.12. The van der Waals surface area contributed by atoms with Crippen LogP contribution in [0.1, 0.15) is 22.7 Å². The second kappa shape index (κ2) is 10.4. The Morgan fingerprint density at radius 3 is 2.48 bits per heavy atom. The van der Waals surface area contributed by atoms with Crippen molar-refractivity contribution in [3.05, 3.63) is 82.8 Å². The van der Waals surface area contributed by atoms with Crippen LogP contribution in [0, 0.1) is 5.82 Å². The molecule has 0 radical (unpaired) electrons. The summed E-state index contributed by atoms with van der Waals surface area (Å²) in [6, 6.07) is 10.9. The molecule has 42 heavy (non-hydrogen) atoms. The average molecular weight is 620 g/mol. The molecule has 1 unspecified atom stereocenters. The maximum atomic E-state index is 14.0. The summed E-state index contributed by atoms with van der Waals surface area (Å²) in [6.07, 6.45) is 4.26. The molecule has 0 spiro atoms. The Balaban J connectivity index is 1.44. The van der Waals surface area contributed by atoms with Gasteiger partial charge in [-0.05, 0) is 29.8 Å². The van der Waals surface area contributed by atoms with E-state index in [1.807, 2.05) is 0 Å². The van der Waals surface area contributed by atoms with Gasteiger partial charge in [0.15, 0.2) is 0 Å². The van der Waals surface area contributed by atoms with E-state index < -0.39 is 40.8 Å². The monoisotopic (exact) mass is 619 g/mol. The molecule has 0 aliphatic carbocycles. The van der Waals surface area contributed by atoms with Crippen LogP contribution in [0.4, 0.5) is 30.6 Å². The van der Waals surface area contributed by atoms with Gasteiger partial charge in [-0.15, -0.1) is 0 Å². The van der Waals surface area contributed by atoms with E-state index in [2.05, 4.69) is 15.3 Å². The Morgan fingerprint density at radius 2 is 1.86 bits per heavy atom. The lowest BCUT2D eigenvalue weighted by atomic mass is 9.89. The first-order chi connectivity index (χ1) is 19.9. The number of imidazole rings is 1. The highest BCUT2D eigenvalue weighted by atomic mass is 35.5. The molecule has 1 saturated heterocycles. The third kappa shape index (κ3) is 5.49. The lowest BCUT2D eigenvalue weighted by molar-refractivity contribution is -0.0268. The predicted octanol–water partition coefficient (Wildman–Crippen LogP) is 4.57. The molecule has 6 rings (SSSR count). The summed E-state index contributed by atoms with van der Waals surface area (Å²) in [5.41, 5.74) is 2.75. The summed E-state index contributed by atoms with van der Waals surface area (Å²) in [6.45, 7) is -1.17. The fourth-order valence-electron chi connectivity index (χ4n) is 5.18. The first-order valence-electron chi connectivity index (χ1n) is 12.8. The van der Waals surface area contributed by atoms with E-state index in [-0.39, 0.29) is 24.9 Å². The normalized spacial score (nSPS) is 18.3. The van der Waals surface area contributed by atoms with Crippen LogP contribution in [0.15, 0.2) is 55.0 Å². The van der Waals surface area contributed by atoms with Crippen molar-refractivity contribution in [2.75, 3.05) is 43.2 Å². The van der Waals surface area contributed by atoms with Gasteiger partial charge in [-0.1, -0.05) is 23.7 Å². The predicted molar refractivity (Wildman–Crippen MR) is 151 cm³/mol. The van der Waals surface area contributed by atoms with Crippen molar-refractivity contribution >= 4 is 39.1 Å². The molecule has 0 bridgehead atoms. The molecule has 10 nitrogen and oxygen atoms in total. The molecule has 1 fully saturated rings. The Bertz CT molecular complexity index is 1760. The first-order valence-corrected chi connectivity index (χ1v) is 15.0. The number of nitrogens with zero attached hydrogens (tertiary/aromatic N) is 6. The van der Waals surface area contributed by atoms with Gasteiger partial charge in [-0.2, -0.15) is 9.29 Å². The van der Waals surface area contributed by atoms with Crippen LogP contribution < -0.4 is 15.0 Å². The summed E-state index contributed by atoms with van der Waals surface area (Å²) in [7, 11) is -2.16. The number of alkyl halides is 2. The minimum absolute atomic E-state index is 0.0412. The Morgan fingerprint density at radius 1 is 1.12 bits per heavy atom. The van der Waals surface area contributed by atoms with E-state index in [0.717, 1.165) is 6.26 Å². The van der Waals surface area contributed by atoms with Gasteiger partial charge >= 0.3 is 0 Å². The van der Waals surface area contributed by atoms with Crippen molar-refractivity contribution < 1.29 is 26.3 Å². The van der Waals surface area contributed by atoms with Gasteiger partial charge in [0.05, 0.1) is 37.8 Å². The number of sulfonamides is 1. The highest BCUT2D eigenvalue weighted by Crippen LogP contribution is 2.41. The highest BCUT2D eigenvalue weighted by Gasteiger charge is 2.47. The van der Waals surface area contributed by atoms with E-state index in [0.29, 0.717) is 39.1 Å². The van der Waals surface area contributed by atoms with Crippen LogP contribution in [0.5, 0.6) is 5.75 Å². The number of anilines is 3. The molecule has 15 heteroatoms. The van der Waals surface area contributed by atoms with Gasteiger partial charge in [-0.25, -0.2) is 31.6 Å². The van der Waals surface area contributed by atoms with Gasteiger partial charge in [0.1, 0.15) is 28.9 Å². The maximum Gasteiger partial charge on any atom is 0.282 e. The molecule has 2 aromatic carbocycles. The number of fused-ring (bicyclic) bond motifs is 1. The van der Waals surface area contributed by atoms with Crippen molar-refractivity contribution in [3.8, 4) is 11.4 Å². The second-order valence-electron chi connectivity index (χ2n) is 10.2. The van der Waals surface area contributed by atoms with E-state index in [4.69, 9.17) is 21.3 Å². The summed E-state index contributed by atoms with van der Waals surface area (Å²) < 4.78 is 75.6. The Labute approximate surface area is 244 Å². The third-order valence-electron chi connectivity index (χ3n) is 7.22. The molecule has 2 aromatic heterocycles. The molecule has 220 valence electrons. The fraction of sp³-hybridized carbons (Fsp3) is 0.296. The SMILES string of the molecule is COc1cc(Nc2nc3c(c(N4CC(F)(F)C4)n2)CN(S(C)(=O)=O)CC3c2ccc(F)cc2)ccc1-n1cnc(Cl)c1. The molecule has 2 aliphatic heterocycles. The standard InChI is InChI=1S/C27H25ClF3N7O3S/c1-41-22-9-18(7-8-21(22)36-12-23(28)32-15-36)33-26-34-24-19(16-3-5-17(29)6-4-16)10-38(42(2,39)40)11-20(24)25(35-26)37-13-27(30,31)14-37/h3-9,12,15,19H,10-11,13-14H2,1-2H3,(H,33,34,35). The number of ether oxygens (including phenoxy) is 1. The van der Waals surface area contributed by atoms with Crippen LogP contribution in [-0.4, -0.2) is 71.2 Å². The minimum Gasteiger partial charge on any atom is -0.494 e. The van der Waals surface area contributed by atoms with E-state index in [1.54, 1.807) is 47.4 Å². The van der Waals surface area contributed by atoms with E-state index in [9.17, 15) is 21.6 Å². The molecule has 0 saturated carbocycles. The first kappa shape index (κ1) is 28.2. The number of hydrogen-bond donors (Lipinski definition) is 1. The lowest BCUT2D eigenvalue weighted by Gasteiger charge is -2.42. The van der Waals surface area contributed by atoms with Crippen LogP contribution in [0.3, 0.4) is 0 Å². The lowest BCUT2D eigenvalue weighted by Crippen LogP contribution is -2.57. The van der Waals surface area contributed by atoms with E-state index >= 15 is 0 Å². The van der Waals surface area contributed by atoms with Crippen molar-refractivity contribution in [1.29, 1.82) is 0 Å². The molecular weight excluding hydrogens is 595 g/mol. The summed E-state index contributed by atoms with van der Waals surface area (Å²) >= 11 is 5.97. The quantitative estimate of drug-likeness (QED) is 0.321. The maximum absolute atomic E-state index is 14.0. The van der Waals surface area contributed by atoms with Gasteiger partial charge < -0.3 is 19.5 Å². The zero-order valence-corrected chi connectivity index (χ0v) is 24.0. The van der Waals surface area contributed by atoms with Gasteiger partial charge in [0, 0.05) is 42.5 Å². The zero-order valence-electron chi connectivity index (χ0n) is 22.4. The van der Waals surface area contributed by atoms with Crippen molar-refractivity contribution in [3.63, 3.8) is 0 Å². The minimum atomic E-state index is -3.67. The molecular formula is C27H25ClF3N7O3S. The van der Waals surface area contributed by atoms with Gasteiger partial charge in [0.2, 0.25) is 16.0 Å². The van der Waals surface area contributed by atoms with Crippen LogP contribution in [0.25, 0.3) is 5.69 Å². The number of methoxy groups -OCH3 is 1. The molecule has 1 atom stereocenters. The van der Waals surface area contributed by atoms with Crippen molar-refractivity contribution in [2.24, 2.45) is 0 Å². The van der Waals surface area contributed by atoms with Crippen LogP contribution in [0.2, 0.25) is 5.15 Å². The van der Waals surface area contributed by atoms with Gasteiger partial charge in [-0.3, -0.25) is 0 Å². The number of nitrogens with one attached hydrogen (secondary N) is 1. The molecule has 4 heterocycles. The summed E-state index contributed by atoms with van der Waals surface area (Å²) in [5, 5.41) is 3.46. The Kier molecular flexibility index (Phi) is 7.02. The van der Waals surface area contributed by atoms with E-state index in [1.165, 1.54) is 28.4 Å². The number of halogens is 4. The number of benzene rings is 2. The van der Waals surface area contributed by atoms with Crippen LogP contribution in [-0.2, 0) is 16.6 Å². The smallest absolute Gasteiger partial charge is 0.282 e. The van der Waals surface area contributed by atoms with Gasteiger partial charge in [0.25, 0.3) is 5.92 Å². The number of aromatic nitrogens is 4. The number of hydrogen-bond acceptors (Lipinski definition) is 8. The molecule has 4 aromatic rings. The van der Waals surface area contributed by atoms with Crippen molar-refractivity contribution in [2.45, 2.75) is 18.4 Å². The average Bonchev–Trinajstić information content (AvgIpc) is 3.36. The third-order valence-corrected chi connectivity index (χ3v) is 8.63. The molecule has 0 amide bonds. The highest BCUT2D eigenvalue weighted by molar-refractivity contribution is 7.88. The topological polar surface area (TPSA) is 105 Å². The summed E-state index contributed by atoms with van der Waals surface area (Å²) in [4.78, 5) is 14.8. The Hall–Kier alpha value is -3.88. The fourth-order valence-corrected chi connectivity index (χ4v) is 6.11. The molecule has 2 aliphatic rings. The zero-order chi connectivity index (χ0) is 29.8. The second-order valence-corrected chi connectivity index (χ2v) is 12.6. The molecule has 1 N–H and O–H groups in total. The number of rotatable bonds is 7. The van der Waals surface area contributed by atoms with Crippen molar-refractivity contribution in [1.82, 2.24) is 23.8 Å². The van der Waals surface area contributed by atoms with Crippen LogP contribution >= 0.6 is 11.6 Å². The largest absolute Gasteiger partial charge is 0.494 e.